The summed E-state index contributed by atoms with van der Waals surface area (Å²) in [5.74, 6) is 1.41. The average Bonchev–Trinajstić information content (AvgIpc) is 3.10. The van der Waals surface area contributed by atoms with Gasteiger partial charge < -0.3 is 20.3 Å². The van der Waals surface area contributed by atoms with E-state index in [1.165, 1.54) is 5.56 Å². The molecular weight excluding hydrogens is 481 g/mol. The van der Waals surface area contributed by atoms with Gasteiger partial charge in [0.05, 0.1) is 13.2 Å². The van der Waals surface area contributed by atoms with Gasteiger partial charge in [-0.25, -0.2) is 0 Å². The summed E-state index contributed by atoms with van der Waals surface area (Å²) in [6.07, 6.45) is 1.53. The number of carbonyl (C=O) groups excluding carboxylic acids is 1. The smallest absolute Gasteiger partial charge is 0.223 e. The number of morpholine rings is 1. The SMILES string of the molecule is CN=C(NCCN1CCOCC1)NCC1CC(=O)N(CCc2ccccc2)C1.I. The van der Waals surface area contributed by atoms with Crippen molar-refractivity contribution in [3.63, 3.8) is 0 Å². The summed E-state index contributed by atoms with van der Waals surface area (Å²) >= 11 is 0. The molecule has 1 aromatic carbocycles. The molecular formula is C21H34IN5O2. The van der Waals surface area contributed by atoms with Gasteiger partial charge in [-0.1, -0.05) is 30.3 Å². The average molecular weight is 515 g/mol. The Morgan fingerprint density at radius 2 is 1.93 bits per heavy atom. The molecule has 7 nitrogen and oxygen atoms in total. The number of nitrogens with zero attached hydrogens (tertiary/aromatic N) is 3. The van der Waals surface area contributed by atoms with Crippen LogP contribution in [0.4, 0.5) is 0 Å². The van der Waals surface area contributed by atoms with E-state index in [1.54, 1.807) is 7.05 Å². The summed E-state index contributed by atoms with van der Waals surface area (Å²) in [5.41, 5.74) is 1.28. The van der Waals surface area contributed by atoms with E-state index in [0.29, 0.717) is 12.3 Å². The topological polar surface area (TPSA) is 69.2 Å². The fourth-order valence-corrected chi connectivity index (χ4v) is 3.73. The van der Waals surface area contributed by atoms with E-state index in [1.807, 2.05) is 23.1 Å². The van der Waals surface area contributed by atoms with Crippen LogP contribution in [0.1, 0.15) is 12.0 Å². The molecule has 2 N–H and O–H groups in total. The van der Waals surface area contributed by atoms with Gasteiger partial charge in [-0.2, -0.15) is 0 Å². The minimum Gasteiger partial charge on any atom is -0.379 e. The number of hydrogen-bond acceptors (Lipinski definition) is 4. The van der Waals surface area contributed by atoms with Gasteiger partial charge in [0.25, 0.3) is 0 Å². The molecule has 1 atom stereocenters. The van der Waals surface area contributed by atoms with Crippen molar-refractivity contribution >= 4 is 35.8 Å². The molecule has 0 saturated carbocycles. The third-order valence-corrected chi connectivity index (χ3v) is 5.41. The summed E-state index contributed by atoms with van der Waals surface area (Å²) < 4.78 is 5.37. The minimum atomic E-state index is 0. The van der Waals surface area contributed by atoms with Crippen LogP contribution < -0.4 is 10.6 Å². The third kappa shape index (κ3) is 8.10. The highest BCUT2D eigenvalue weighted by Crippen LogP contribution is 2.17. The number of nitrogens with one attached hydrogen (secondary N) is 2. The van der Waals surface area contributed by atoms with Gasteiger partial charge in [0.2, 0.25) is 5.91 Å². The Morgan fingerprint density at radius 1 is 1.17 bits per heavy atom. The Bertz CT molecular complexity index is 637. The van der Waals surface area contributed by atoms with E-state index < -0.39 is 0 Å². The standard InChI is InChI=1S/C21H33N5O2.HI/c1-22-21(23-8-10-25-11-13-28-14-12-25)24-16-19-15-20(27)26(17-19)9-7-18-5-3-2-4-6-18;/h2-6,19H,7-17H2,1H3,(H2,22,23,24);1H. The summed E-state index contributed by atoms with van der Waals surface area (Å²) in [5, 5.41) is 6.75. The largest absolute Gasteiger partial charge is 0.379 e. The summed E-state index contributed by atoms with van der Waals surface area (Å²) in [6, 6.07) is 10.4. The van der Waals surface area contributed by atoms with Gasteiger partial charge in [0.15, 0.2) is 5.96 Å². The highest BCUT2D eigenvalue weighted by Gasteiger charge is 2.29. The maximum atomic E-state index is 12.3. The fourth-order valence-electron chi connectivity index (χ4n) is 3.73. The first-order chi connectivity index (χ1) is 13.7. The van der Waals surface area contributed by atoms with Crippen LogP contribution in [-0.4, -0.2) is 87.7 Å². The zero-order valence-electron chi connectivity index (χ0n) is 17.3. The van der Waals surface area contributed by atoms with Crippen molar-refractivity contribution in [2.45, 2.75) is 12.8 Å². The second kappa shape index (κ2) is 13.0. The van der Waals surface area contributed by atoms with Crippen molar-refractivity contribution in [2.75, 3.05) is 66.1 Å². The van der Waals surface area contributed by atoms with E-state index >= 15 is 0 Å². The molecule has 8 heteroatoms. The molecule has 0 aliphatic carbocycles. The minimum absolute atomic E-state index is 0. The van der Waals surface area contributed by atoms with Crippen LogP contribution in [0.3, 0.4) is 0 Å². The number of likely N-dealkylation sites (tertiary alicyclic amines) is 1. The molecule has 2 saturated heterocycles. The Hall–Kier alpha value is -1.39. The molecule has 0 bridgehead atoms. The van der Waals surface area contributed by atoms with E-state index in [-0.39, 0.29) is 29.9 Å². The van der Waals surface area contributed by atoms with Gasteiger partial charge in [0, 0.05) is 65.2 Å². The van der Waals surface area contributed by atoms with Gasteiger partial charge >= 0.3 is 0 Å². The lowest BCUT2D eigenvalue weighted by molar-refractivity contribution is -0.127. The summed E-state index contributed by atoms with van der Waals surface area (Å²) in [6.45, 7) is 7.87. The summed E-state index contributed by atoms with van der Waals surface area (Å²) in [4.78, 5) is 21.0. The van der Waals surface area contributed by atoms with Crippen molar-refractivity contribution in [2.24, 2.45) is 10.9 Å². The van der Waals surface area contributed by atoms with Crippen LogP contribution in [0.15, 0.2) is 35.3 Å². The van der Waals surface area contributed by atoms with Crippen LogP contribution in [0, 0.1) is 5.92 Å². The van der Waals surface area contributed by atoms with Crippen LogP contribution >= 0.6 is 24.0 Å². The number of guanidine groups is 1. The molecule has 29 heavy (non-hydrogen) atoms. The normalized spacial score (nSPS) is 20.4. The number of rotatable bonds is 8. The Morgan fingerprint density at radius 3 is 2.66 bits per heavy atom. The molecule has 0 radical (unpaired) electrons. The van der Waals surface area contributed by atoms with Gasteiger partial charge in [-0.3, -0.25) is 14.7 Å². The van der Waals surface area contributed by atoms with E-state index in [4.69, 9.17) is 4.74 Å². The number of carbonyl (C=O) groups is 1. The molecule has 2 aliphatic rings. The maximum Gasteiger partial charge on any atom is 0.223 e. The Balaban J connectivity index is 0.00000300. The lowest BCUT2D eigenvalue weighted by Crippen LogP contribution is -2.45. The molecule has 0 aromatic heterocycles. The van der Waals surface area contributed by atoms with Gasteiger partial charge in [0.1, 0.15) is 0 Å². The van der Waals surface area contributed by atoms with Crippen molar-refractivity contribution in [3.8, 4) is 0 Å². The molecule has 2 aliphatic heterocycles. The molecule has 1 amide bonds. The second-order valence-corrected chi connectivity index (χ2v) is 7.48. The summed E-state index contributed by atoms with van der Waals surface area (Å²) in [7, 11) is 1.79. The Labute approximate surface area is 191 Å². The Kier molecular flexibility index (Phi) is 10.7. The molecule has 1 unspecified atom stereocenters. The maximum absolute atomic E-state index is 12.3. The highest BCUT2D eigenvalue weighted by atomic mass is 127. The zero-order chi connectivity index (χ0) is 19.6. The number of ether oxygens (including phenoxy) is 1. The van der Waals surface area contributed by atoms with E-state index in [9.17, 15) is 4.79 Å². The predicted molar refractivity (Wildman–Crippen MR) is 127 cm³/mol. The lowest BCUT2D eigenvalue weighted by Gasteiger charge is -2.26. The third-order valence-electron chi connectivity index (χ3n) is 5.41. The van der Waals surface area contributed by atoms with Gasteiger partial charge in [-0.05, 0) is 12.0 Å². The highest BCUT2D eigenvalue weighted by molar-refractivity contribution is 14.0. The molecule has 3 rings (SSSR count). The number of hydrogen-bond donors (Lipinski definition) is 2. The van der Waals surface area contributed by atoms with E-state index in [0.717, 1.165) is 71.4 Å². The van der Waals surface area contributed by atoms with E-state index in [2.05, 4.69) is 32.7 Å². The molecule has 2 fully saturated rings. The van der Waals surface area contributed by atoms with Crippen molar-refractivity contribution in [1.29, 1.82) is 0 Å². The number of benzene rings is 1. The predicted octanol–water partition coefficient (Wildman–Crippen LogP) is 1.19. The van der Waals surface area contributed by atoms with Gasteiger partial charge in [-0.15, -0.1) is 24.0 Å². The quantitative estimate of drug-likeness (QED) is 0.310. The van der Waals surface area contributed by atoms with Crippen LogP contribution in [0.2, 0.25) is 0 Å². The fraction of sp³-hybridized carbons (Fsp3) is 0.619. The molecule has 1 aromatic rings. The first-order valence-electron chi connectivity index (χ1n) is 10.3. The molecule has 2 heterocycles. The van der Waals surface area contributed by atoms with Crippen molar-refractivity contribution in [3.05, 3.63) is 35.9 Å². The van der Waals surface area contributed by atoms with Crippen molar-refractivity contribution in [1.82, 2.24) is 20.4 Å². The number of aliphatic imine (C=N–C) groups is 1. The van der Waals surface area contributed by atoms with Crippen molar-refractivity contribution < 1.29 is 9.53 Å². The van der Waals surface area contributed by atoms with Crippen LogP contribution in [0.5, 0.6) is 0 Å². The number of halogens is 1. The molecule has 162 valence electrons. The molecule has 0 spiro atoms. The first-order valence-corrected chi connectivity index (χ1v) is 10.3. The second-order valence-electron chi connectivity index (χ2n) is 7.48. The lowest BCUT2D eigenvalue weighted by atomic mass is 10.1. The zero-order valence-corrected chi connectivity index (χ0v) is 19.6. The number of amides is 1. The first kappa shape index (κ1) is 23.9. The van der Waals surface area contributed by atoms with Crippen LogP contribution in [-0.2, 0) is 16.0 Å². The van der Waals surface area contributed by atoms with Crippen LogP contribution in [0.25, 0.3) is 0 Å². The monoisotopic (exact) mass is 515 g/mol.